The molecule has 26 heavy (non-hydrogen) atoms. The van der Waals surface area contributed by atoms with Gasteiger partial charge in [0.25, 0.3) is 0 Å². The lowest BCUT2D eigenvalue weighted by Crippen LogP contribution is -2.44. The van der Waals surface area contributed by atoms with E-state index in [0.717, 1.165) is 49.3 Å². The number of urea groups is 1. The maximum Gasteiger partial charge on any atom is 0.321 e. The van der Waals surface area contributed by atoms with Crippen LogP contribution in [0.25, 0.3) is 0 Å². The van der Waals surface area contributed by atoms with Crippen molar-refractivity contribution in [1.29, 1.82) is 0 Å². The molecular formula is C19H29N3O4. The monoisotopic (exact) mass is 363 g/mol. The Morgan fingerprint density at radius 3 is 2.77 bits per heavy atom. The molecule has 7 nitrogen and oxygen atoms in total. The van der Waals surface area contributed by atoms with Gasteiger partial charge in [0.1, 0.15) is 11.5 Å². The van der Waals surface area contributed by atoms with E-state index in [1.165, 1.54) is 0 Å². The summed E-state index contributed by atoms with van der Waals surface area (Å²) in [6, 6.07) is 5.32. The molecule has 1 heterocycles. The second kappa shape index (κ2) is 10.0. The summed E-state index contributed by atoms with van der Waals surface area (Å²) in [7, 11) is 3.26. The predicted octanol–water partition coefficient (Wildman–Crippen LogP) is 2.47. The van der Waals surface area contributed by atoms with E-state index >= 15 is 0 Å². The van der Waals surface area contributed by atoms with Crippen molar-refractivity contribution in [2.45, 2.75) is 38.6 Å². The summed E-state index contributed by atoms with van der Waals surface area (Å²) < 4.78 is 10.8. The van der Waals surface area contributed by atoms with E-state index in [-0.39, 0.29) is 18.5 Å². The van der Waals surface area contributed by atoms with Crippen LogP contribution in [0.4, 0.5) is 4.79 Å². The number of likely N-dealkylation sites (tertiary alicyclic amines) is 1. The third kappa shape index (κ3) is 5.36. The Bertz CT molecular complexity index is 621. The van der Waals surface area contributed by atoms with Crippen LogP contribution in [0.1, 0.15) is 44.2 Å². The molecular weight excluding hydrogens is 334 g/mol. The number of carbonyl (C=O) groups excluding carboxylic acids is 2. The average Bonchev–Trinajstić information content (AvgIpc) is 3.09. The van der Waals surface area contributed by atoms with Crippen LogP contribution < -0.4 is 20.1 Å². The van der Waals surface area contributed by atoms with Crippen molar-refractivity contribution in [2.24, 2.45) is 0 Å². The molecule has 144 valence electrons. The Balaban J connectivity index is 1.99. The van der Waals surface area contributed by atoms with Crippen molar-refractivity contribution >= 4 is 11.9 Å². The van der Waals surface area contributed by atoms with Gasteiger partial charge in [-0.15, -0.1) is 0 Å². The molecule has 0 aliphatic carbocycles. The van der Waals surface area contributed by atoms with Crippen LogP contribution in [0.3, 0.4) is 0 Å². The first-order valence-electron chi connectivity index (χ1n) is 9.12. The van der Waals surface area contributed by atoms with Crippen LogP contribution >= 0.6 is 0 Å². The first-order chi connectivity index (χ1) is 12.6. The normalized spacial score (nSPS) is 17.0. The molecule has 3 amide bonds. The number of unbranched alkanes of at least 4 members (excludes halogenated alkanes) is 1. The minimum Gasteiger partial charge on any atom is -0.497 e. The first kappa shape index (κ1) is 20.0. The summed E-state index contributed by atoms with van der Waals surface area (Å²) in [5.74, 6) is 1.24. The number of amides is 3. The summed E-state index contributed by atoms with van der Waals surface area (Å²) >= 11 is 0. The maximum absolute atomic E-state index is 12.2. The number of hydrogen-bond acceptors (Lipinski definition) is 5. The molecule has 0 spiro atoms. The van der Waals surface area contributed by atoms with Gasteiger partial charge in [-0.1, -0.05) is 13.3 Å². The third-order valence-electron chi connectivity index (χ3n) is 4.58. The number of methoxy groups -OCH3 is 2. The van der Waals surface area contributed by atoms with Crippen molar-refractivity contribution < 1.29 is 19.1 Å². The van der Waals surface area contributed by atoms with Crippen molar-refractivity contribution in [3.63, 3.8) is 0 Å². The highest BCUT2D eigenvalue weighted by molar-refractivity contribution is 5.95. The van der Waals surface area contributed by atoms with Crippen molar-refractivity contribution in [2.75, 3.05) is 33.9 Å². The summed E-state index contributed by atoms with van der Waals surface area (Å²) in [4.78, 5) is 26.0. The van der Waals surface area contributed by atoms with E-state index in [1.54, 1.807) is 14.2 Å². The highest BCUT2D eigenvalue weighted by Crippen LogP contribution is 2.38. The van der Waals surface area contributed by atoms with Crippen LogP contribution in [0.15, 0.2) is 18.2 Å². The number of nitrogens with one attached hydrogen (secondary N) is 2. The number of imide groups is 1. The smallest absolute Gasteiger partial charge is 0.321 e. The highest BCUT2D eigenvalue weighted by atomic mass is 16.5. The number of rotatable bonds is 8. The van der Waals surface area contributed by atoms with Crippen LogP contribution in [-0.4, -0.2) is 50.7 Å². The van der Waals surface area contributed by atoms with Gasteiger partial charge in [0, 0.05) is 18.2 Å². The molecule has 1 aliphatic rings. The van der Waals surface area contributed by atoms with Crippen molar-refractivity contribution in [1.82, 2.24) is 15.5 Å². The minimum atomic E-state index is -0.432. The Hall–Kier alpha value is -2.28. The van der Waals surface area contributed by atoms with Gasteiger partial charge in [-0.05, 0) is 44.0 Å². The zero-order valence-corrected chi connectivity index (χ0v) is 15.8. The Morgan fingerprint density at radius 2 is 2.08 bits per heavy atom. The fourth-order valence-corrected chi connectivity index (χ4v) is 3.24. The molecule has 2 N–H and O–H groups in total. The van der Waals surface area contributed by atoms with Crippen molar-refractivity contribution in [3.05, 3.63) is 23.8 Å². The first-order valence-corrected chi connectivity index (χ1v) is 9.12. The molecule has 1 aromatic carbocycles. The predicted molar refractivity (Wildman–Crippen MR) is 99.5 cm³/mol. The van der Waals surface area contributed by atoms with Gasteiger partial charge in [-0.3, -0.25) is 15.0 Å². The molecule has 1 atom stereocenters. The molecule has 2 rings (SSSR count). The molecule has 1 aromatic rings. The van der Waals surface area contributed by atoms with Crippen LogP contribution in [0.2, 0.25) is 0 Å². The van der Waals surface area contributed by atoms with Crippen LogP contribution in [0, 0.1) is 0 Å². The molecule has 0 aromatic heterocycles. The highest BCUT2D eigenvalue weighted by Gasteiger charge is 2.30. The fourth-order valence-electron chi connectivity index (χ4n) is 3.24. The number of benzene rings is 1. The number of ether oxygens (including phenoxy) is 2. The van der Waals surface area contributed by atoms with Gasteiger partial charge in [0.05, 0.1) is 20.8 Å². The maximum atomic E-state index is 12.2. The summed E-state index contributed by atoms with van der Waals surface area (Å²) in [5.41, 5.74) is 1.00. The SMILES string of the molecule is CCCCNC(=O)NC(=O)CN1CCC[C@H]1c1cc(OC)ccc1OC. The number of nitrogens with zero attached hydrogens (tertiary/aromatic N) is 1. The lowest BCUT2D eigenvalue weighted by Gasteiger charge is -2.25. The van der Waals surface area contributed by atoms with Gasteiger partial charge in [0.2, 0.25) is 5.91 Å². The molecule has 1 saturated heterocycles. The van der Waals surface area contributed by atoms with Gasteiger partial charge in [-0.25, -0.2) is 4.79 Å². The Morgan fingerprint density at radius 1 is 1.27 bits per heavy atom. The van der Waals surface area contributed by atoms with E-state index in [0.29, 0.717) is 6.54 Å². The zero-order chi connectivity index (χ0) is 18.9. The van der Waals surface area contributed by atoms with E-state index in [1.807, 2.05) is 25.1 Å². The Labute approximate surface area is 155 Å². The van der Waals surface area contributed by atoms with Crippen LogP contribution in [0.5, 0.6) is 11.5 Å². The second-order valence-corrected chi connectivity index (χ2v) is 6.39. The van der Waals surface area contributed by atoms with E-state index in [9.17, 15) is 9.59 Å². The topological polar surface area (TPSA) is 79.9 Å². The molecule has 0 unspecified atom stereocenters. The summed E-state index contributed by atoms with van der Waals surface area (Å²) in [5, 5.41) is 5.09. The zero-order valence-electron chi connectivity index (χ0n) is 15.8. The third-order valence-corrected chi connectivity index (χ3v) is 4.58. The molecule has 0 saturated carbocycles. The number of carbonyl (C=O) groups is 2. The average molecular weight is 363 g/mol. The minimum absolute atomic E-state index is 0.0638. The Kier molecular flexibility index (Phi) is 7.72. The van der Waals surface area contributed by atoms with Crippen molar-refractivity contribution in [3.8, 4) is 11.5 Å². The standard InChI is InChI=1S/C19H29N3O4/c1-4-5-10-20-19(24)21-18(23)13-22-11-6-7-16(22)15-12-14(25-2)8-9-17(15)26-3/h8-9,12,16H,4-7,10-11,13H2,1-3H3,(H2,20,21,23,24)/t16-/m0/s1. The fraction of sp³-hybridized carbons (Fsp3) is 0.579. The van der Waals surface area contributed by atoms with Gasteiger partial charge in [0.15, 0.2) is 0 Å². The van der Waals surface area contributed by atoms with E-state index < -0.39 is 6.03 Å². The molecule has 0 bridgehead atoms. The van der Waals surface area contributed by atoms with Crippen LogP contribution in [-0.2, 0) is 4.79 Å². The molecule has 0 radical (unpaired) electrons. The lowest BCUT2D eigenvalue weighted by atomic mass is 10.0. The van der Waals surface area contributed by atoms with E-state index in [2.05, 4.69) is 15.5 Å². The quantitative estimate of drug-likeness (QED) is 0.694. The lowest BCUT2D eigenvalue weighted by molar-refractivity contribution is -0.121. The van der Waals surface area contributed by atoms with Gasteiger partial charge >= 0.3 is 6.03 Å². The van der Waals surface area contributed by atoms with E-state index in [4.69, 9.17) is 9.47 Å². The largest absolute Gasteiger partial charge is 0.497 e. The number of hydrogen-bond donors (Lipinski definition) is 2. The summed E-state index contributed by atoms with van der Waals surface area (Å²) in [6.07, 6.45) is 3.80. The molecule has 7 heteroatoms. The summed E-state index contributed by atoms with van der Waals surface area (Å²) in [6.45, 7) is 3.59. The molecule has 1 aliphatic heterocycles. The second-order valence-electron chi connectivity index (χ2n) is 6.39. The van der Waals surface area contributed by atoms with Gasteiger partial charge < -0.3 is 14.8 Å². The van der Waals surface area contributed by atoms with Gasteiger partial charge in [-0.2, -0.15) is 0 Å². The molecule has 1 fully saturated rings.